The van der Waals surface area contributed by atoms with Gasteiger partial charge in [-0.25, -0.2) is 0 Å². The zero-order chi connectivity index (χ0) is 13.8. The van der Waals surface area contributed by atoms with E-state index in [9.17, 15) is 0 Å². The normalized spacial score (nSPS) is 10.0. The van der Waals surface area contributed by atoms with Crippen LogP contribution in [-0.2, 0) is 0 Å². The second kappa shape index (κ2) is 6.04. The fraction of sp³-hybridized carbons (Fsp3) is 0.0714. The van der Waals surface area contributed by atoms with Crippen LogP contribution < -0.4 is 15.2 Å². The van der Waals surface area contributed by atoms with Crippen LogP contribution in [0.4, 0.5) is 0 Å². The van der Waals surface area contributed by atoms with Crippen molar-refractivity contribution in [2.45, 2.75) is 0 Å². The van der Waals surface area contributed by atoms with Gasteiger partial charge in [0.2, 0.25) is 0 Å². The minimum Gasteiger partial charge on any atom is -0.497 e. The van der Waals surface area contributed by atoms with Gasteiger partial charge in [-0.3, -0.25) is 0 Å². The van der Waals surface area contributed by atoms with Gasteiger partial charge in [-0.2, -0.15) is 0 Å². The molecule has 0 bridgehead atoms. The molecule has 2 N–H and O–H groups in total. The summed E-state index contributed by atoms with van der Waals surface area (Å²) >= 11 is 8.39. The lowest BCUT2D eigenvalue weighted by Gasteiger charge is -2.12. The number of halogens is 1. The third-order valence-electron chi connectivity index (χ3n) is 2.50. The molecular weight excluding hydrogens is 326 g/mol. The van der Waals surface area contributed by atoms with E-state index in [0.717, 1.165) is 4.47 Å². The molecule has 0 heterocycles. The Morgan fingerprint density at radius 1 is 1.11 bits per heavy atom. The molecule has 0 aliphatic carbocycles. The SMILES string of the molecule is COc1ccc(C(N)=S)c(Oc2ccc(Br)cc2)c1. The summed E-state index contributed by atoms with van der Waals surface area (Å²) in [7, 11) is 1.60. The molecule has 0 atom stereocenters. The van der Waals surface area contributed by atoms with Crippen LogP contribution in [0, 0.1) is 0 Å². The molecule has 0 fully saturated rings. The van der Waals surface area contributed by atoms with Gasteiger partial charge in [0.1, 0.15) is 22.2 Å². The molecule has 0 saturated heterocycles. The predicted molar refractivity (Wildman–Crippen MR) is 83.1 cm³/mol. The highest BCUT2D eigenvalue weighted by molar-refractivity contribution is 9.10. The molecule has 0 unspecified atom stereocenters. The van der Waals surface area contributed by atoms with Gasteiger partial charge in [0.25, 0.3) is 0 Å². The Labute approximate surface area is 125 Å². The highest BCUT2D eigenvalue weighted by Gasteiger charge is 2.09. The van der Waals surface area contributed by atoms with Crippen molar-refractivity contribution in [3.63, 3.8) is 0 Å². The Kier molecular flexibility index (Phi) is 4.39. The van der Waals surface area contributed by atoms with Crippen molar-refractivity contribution in [1.29, 1.82) is 0 Å². The van der Waals surface area contributed by atoms with Gasteiger partial charge in [0, 0.05) is 10.5 Å². The van der Waals surface area contributed by atoms with Crippen molar-refractivity contribution in [2.24, 2.45) is 5.73 Å². The number of thiocarbonyl (C=S) groups is 1. The molecule has 2 rings (SSSR count). The summed E-state index contributed by atoms with van der Waals surface area (Å²) in [6, 6.07) is 12.8. The summed E-state index contributed by atoms with van der Waals surface area (Å²) in [6.45, 7) is 0. The second-order valence-corrected chi connectivity index (χ2v) is 5.14. The zero-order valence-electron chi connectivity index (χ0n) is 10.2. The summed E-state index contributed by atoms with van der Waals surface area (Å²) < 4.78 is 12.0. The van der Waals surface area contributed by atoms with Gasteiger partial charge in [0.15, 0.2) is 0 Å². The molecule has 0 aliphatic rings. The Hall–Kier alpha value is -1.59. The summed E-state index contributed by atoms with van der Waals surface area (Å²) in [4.78, 5) is 0.287. The Morgan fingerprint density at radius 3 is 2.32 bits per heavy atom. The highest BCUT2D eigenvalue weighted by atomic mass is 79.9. The van der Waals surface area contributed by atoms with Crippen LogP contribution >= 0.6 is 28.1 Å². The molecule has 2 aromatic rings. The fourth-order valence-corrected chi connectivity index (χ4v) is 1.98. The lowest BCUT2D eigenvalue weighted by molar-refractivity contribution is 0.409. The lowest BCUT2D eigenvalue weighted by Crippen LogP contribution is -2.10. The first-order valence-electron chi connectivity index (χ1n) is 5.51. The minimum absolute atomic E-state index is 0.287. The maximum Gasteiger partial charge on any atom is 0.141 e. The maximum atomic E-state index is 5.80. The van der Waals surface area contributed by atoms with E-state index in [1.165, 1.54) is 0 Å². The lowest BCUT2D eigenvalue weighted by atomic mass is 10.2. The molecule has 3 nitrogen and oxygen atoms in total. The molecule has 0 radical (unpaired) electrons. The number of hydrogen-bond acceptors (Lipinski definition) is 3. The van der Waals surface area contributed by atoms with E-state index >= 15 is 0 Å². The number of nitrogens with two attached hydrogens (primary N) is 1. The van der Waals surface area contributed by atoms with E-state index in [0.29, 0.717) is 22.8 Å². The number of hydrogen-bond donors (Lipinski definition) is 1. The molecule has 0 spiro atoms. The minimum atomic E-state index is 0.287. The van der Waals surface area contributed by atoms with E-state index in [1.807, 2.05) is 24.3 Å². The Balaban J connectivity index is 2.36. The van der Waals surface area contributed by atoms with Gasteiger partial charge in [-0.05, 0) is 36.4 Å². The molecular formula is C14H12BrNO2S. The largest absolute Gasteiger partial charge is 0.497 e. The first-order chi connectivity index (χ1) is 9.10. The van der Waals surface area contributed by atoms with Crippen molar-refractivity contribution in [3.05, 3.63) is 52.5 Å². The summed E-state index contributed by atoms with van der Waals surface area (Å²) in [5.74, 6) is 1.97. The predicted octanol–water partition coefficient (Wildman–Crippen LogP) is 3.88. The van der Waals surface area contributed by atoms with Crippen LogP contribution in [0.15, 0.2) is 46.9 Å². The first-order valence-corrected chi connectivity index (χ1v) is 6.71. The number of ether oxygens (including phenoxy) is 2. The second-order valence-electron chi connectivity index (χ2n) is 3.78. The van der Waals surface area contributed by atoms with E-state index in [-0.39, 0.29) is 4.99 Å². The summed E-state index contributed by atoms with van der Waals surface area (Å²) in [5, 5.41) is 0. The standard InChI is InChI=1S/C14H12BrNO2S/c1-17-11-6-7-12(14(16)19)13(8-11)18-10-4-2-9(15)3-5-10/h2-8H,1H3,(H2,16,19). The Morgan fingerprint density at radius 2 is 1.74 bits per heavy atom. The van der Waals surface area contributed by atoms with Crippen molar-refractivity contribution in [3.8, 4) is 17.2 Å². The van der Waals surface area contributed by atoms with Crippen LogP contribution in [0.2, 0.25) is 0 Å². The number of rotatable bonds is 4. The summed E-state index contributed by atoms with van der Waals surface area (Å²) in [5.41, 5.74) is 6.37. The van der Waals surface area contributed by atoms with Gasteiger partial charge >= 0.3 is 0 Å². The molecule has 2 aromatic carbocycles. The molecule has 0 aromatic heterocycles. The molecule has 5 heteroatoms. The quantitative estimate of drug-likeness (QED) is 0.859. The molecule has 98 valence electrons. The molecule has 0 saturated carbocycles. The van der Waals surface area contributed by atoms with Crippen molar-refractivity contribution < 1.29 is 9.47 Å². The van der Waals surface area contributed by atoms with E-state index < -0.39 is 0 Å². The van der Waals surface area contributed by atoms with E-state index in [2.05, 4.69) is 15.9 Å². The molecule has 19 heavy (non-hydrogen) atoms. The molecule has 0 aliphatic heterocycles. The Bertz CT molecular complexity index is 599. The zero-order valence-corrected chi connectivity index (χ0v) is 12.6. The molecule has 0 amide bonds. The van der Waals surface area contributed by atoms with E-state index in [1.54, 1.807) is 25.3 Å². The third kappa shape index (κ3) is 3.45. The van der Waals surface area contributed by atoms with Crippen LogP contribution in [-0.4, -0.2) is 12.1 Å². The average molecular weight is 338 g/mol. The third-order valence-corrected chi connectivity index (χ3v) is 3.24. The number of benzene rings is 2. The first kappa shape index (κ1) is 13.8. The summed E-state index contributed by atoms with van der Waals surface area (Å²) in [6.07, 6.45) is 0. The maximum absolute atomic E-state index is 5.80. The van der Waals surface area contributed by atoms with E-state index in [4.69, 9.17) is 27.4 Å². The van der Waals surface area contributed by atoms with Gasteiger partial charge in [0.05, 0.1) is 12.7 Å². The topological polar surface area (TPSA) is 44.5 Å². The van der Waals surface area contributed by atoms with Gasteiger partial charge < -0.3 is 15.2 Å². The van der Waals surface area contributed by atoms with Crippen LogP contribution in [0.3, 0.4) is 0 Å². The van der Waals surface area contributed by atoms with Gasteiger partial charge in [-0.15, -0.1) is 0 Å². The van der Waals surface area contributed by atoms with Crippen molar-refractivity contribution in [2.75, 3.05) is 7.11 Å². The smallest absolute Gasteiger partial charge is 0.141 e. The fourth-order valence-electron chi connectivity index (χ4n) is 1.55. The van der Waals surface area contributed by atoms with Crippen LogP contribution in [0.25, 0.3) is 0 Å². The van der Waals surface area contributed by atoms with Crippen molar-refractivity contribution >= 4 is 33.1 Å². The average Bonchev–Trinajstić information content (AvgIpc) is 2.41. The number of methoxy groups -OCH3 is 1. The van der Waals surface area contributed by atoms with Crippen LogP contribution in [0.1, 0.15) is 5.56 Å². The monoisotopic (exact) mass is 337 g/mol. The van der Waals surface area contributed by atoms with Crippen LogP contribution in [0.5, 0.6) is 17.2 Å². The van der Waals surface area contributed by atoms with Crippen molar-refractivity contribution in [1.82, 2.24) is 0 Å². The highest BCUT2D eigenvalue weighted by Crippen LogP contribution is 2.30. The van der Waals surface area contributed by atoms with Gasteiger partial charge in [-0.1, -0.05) is 28.1 Å².